The van der Waals surface area contributed by atoms with Gasteiger partial charge in [-0.05, 0) is 67.3 Å². The fourth-order valence-corrected chi connectivity index (χ4v) is 3.77. The van der Waals surface area contributed by atoms with Gasteiger partial charge in [0.2, 0.25) is 5.91 Å². The predicted molar refractivity (Wildman–Crippen MR) is 118 cm³/mol. The van der Waals surface area contributed by atoms with E-state index in [1.165, 1.54) is 22.9 Å². The number of amides is 2. The Labute approximate surface area is 185 Å². The molecule has 0 spiro atoms. The highest BCUT2D eigenvalue weighted by molar-refractivity contribution is 5.93. The first-order valence-electron chi connectivity index (χ1n) is 10.6. The number of aryl methyl sites for hydroxylation is 1. The molecule has 1 N–H and O–H groups in total. The molecule has 0 unspecified atom stereocenters. The van der Waals surface area contributed by atoms with Crippen molar-refractivity contribution < 1.29 is 18.4 Å². The van der Waals surface area contributed by atoms with Crippen LogP contribution in [-0.2, 0) is 11.8 Å². The highest BCUT2D eigenvalue weighted by Gasteiger charge is 2.23. The number of likely N-dealkylation sites (tertiary alicyclic amines) is 1. The highest BCUT2D eigenvalue weighted by Crippen LogP contribution is 2.20. The van der Waals surface area contributed by atoms with Crippen LogP contribution in [0.25, 0.3) is 17.3 Å². The zero-order valence-electron chi connectivity index (χ0n) is 17.8. The van der Waals surface area contributed by atoms with E-state index in [0.717, 1.165) is 18.4 Å². The van der Waals surface area contributed by atoms with Crippen LogP contribution in [-0.4, -0.2) is 46.1 Å². The molecule has 0 atom stereocenters. The fraction of sp³-hybridized carbons (Fsp3) is 0.292. The van der Waals surface area contributed by atoms with E-state index in [1.54, 1.807) is 49.7 Å². The van der Waals surface area contributed by atoms with Crippen LogP contribution < -0.4 is 5.32 Å². The van der Waals surface area contributed by atoms with Crippen LogP contribution >= 0.6 is 0 Å². The summed E-state index contributed by atoms with van der Waals surface area (Å²) in [5, 5.41) is 7.35. The smallest absolute Gasteiger partial charge is 0.269 e. The van der Waals surface area contributed by atoms with E-state index < -0.39 is 0 Å². The van der Waals surface area contributed by atoms with Gasteiger partial charge in [-0.3, -0.25) is 14.3 Å². The topological polar surface area (TPSA) is 80.4 Å². The Kier molecular flexibility index (Phi) is 6.49. The van der Waals surface area contributed by atoms with E-state index in [0.29, 0.717) is 42.7 Å². The number of hydrogen-bond donors (Lipinski definition) is 1. The van der Waals surface area contributed by atoms with E-state index in [-0.39, 0.29) is 17.6 Å². The lowest BCUT2D eigenvalue weighted by Crippen LogP contribution is -2.41. The molecule has 0 radical (unpaired) electrons. The number of furan rings is 1. The molecule has 32 heavy (non-hydrogen) atoms. The zero-order valence-corrected chi connectivity index (χ0v) is 17.8. The summed E-state index contributed by atoms with van der Waals surface area (Å²) in [7, 11) is 1.71. The van der Waals surface area contributed by atoms with Crippen molar-refractivity contribution in [2.45, 2.75) is 12.8 Å². The first kappa shape index (κ1) is 21.5. The van der Waals surface area contributed by atoms with Gasteiger partial charge in [0.1, 0.15) is 17.3 Å². The standard InChI is InChI=1S/C24H25FN4O3/c1-28-22(15-21(27-28)18-4-6-19(25)7-5-18)24(31)26-16-17-10-12-29(13-11-17)23(30)9-8-20-3-2-14-32-20/h2-9,14-15,17H,10-13,16H2,1H3,(H,26,31). The van der Waals surface area contributed by atoms with Gasteiger partial charge < -0.3 is 14.6 Å². The number of rotatable bonds is 6. The van der Waals surface area contributed by atoms with Crippen LogP contribution in [0.15, 0.2) is 59.2 Å². The van der Waals surface area contributed by atoms with Gasteiger partial charge in [0.15, 0.2) is 0 Å². The molecule has 1 saturated heterocycles. The summed E-state index contributed by atoms with van der Waals surface area (Å²) in [5.41, 5.74) is 1.81. The van der Waals surface area contributed by atoms with E-state index in [2.05, 4.69) is 10.4 Å². The van der Waals surface area contributed by atoms with Crippen molar-refractivity contribution in [3.05, 3.63) is 72.1 Å². The SMILES string of the molecule is Cn1nc(-c2ccc(F)cc2)cc1C(=O)NCC1CCN(C(=O)C=Cc2ccco2)CC1. The predicted octanol–water partition coefficient (Wildman–Crippen LogP) is 3.50. The van der Waals surface area contributed by atoms with E-state index in [1.807, 2.05) is 4.90 Å². The summed E-state index contributed by atoms with van der Waals surface area (Å²) in [6.45, 7) is 1.85. The number of carbonyl (C=O) groups excluding carboxylic acids is 2. The second-order valence-corrected chi connectivity index (χ2v) is 7.87. The molecule has 4 rings (SSSR count). The molecular formula is C24H25FN4O3. The second kappa shape index (κ2) is 9.64. The Balaban J connectivity index is 1.26. The lowest BCUT2D eigenvalue weighted by atomic mass is 9.96. The maximum absolute atomic E-state index is 13.1. The van der Waals surface area contributed by atoms with Gasteiger partial charge in [0.25, 0.3) is 5.91 Å². The molecular weight excluding hydrogens is 411 g/mol. The summed E-state index contributed by atoms with van der Waals surface area (Å²) in [5.74, 6) is 0.403. The largest absolute Gasteiger partial charge is 0.465 e. The van der Waals surface area contributed by atoms with Crippen molar-refractivity contribution in [2.24, 2.45) is 13.0 Å². The number of aromatic nitrogens is 2. The van der Waals surface area contributed by atoms with Gasteiger partial charge in [-0.15, -0.1) is 0 Å². The molecule has 1 aliphatic rings. The Morgan fingerprint density at radius 1 is 1.22 bits per heavy atom. The third kappa shape index (κ3) is 5.14. The summed E-state index contributed by atoms with van der Waals surface area (Å²) >= 11 is 0. The number of piperidine rings is 1. The van der Waals surface area contributed by atoms with Crippen LogP contribution in [0.1, 0.15) is 29.1 Å². The summed E-state index contributed by atoms with van der Waals surface area (Å²) < 4.78 is 19.9. The minimum atomic E-state index is -0.316. The maximum Gasteiger partial charge on any atom is 0.269 e. The van der Waals surface area contributed by atoms with Crippen molar-refractivity contribution in [3.63, 3.8) is 0 Å². The zero-order chi connectivity index (χ0) is 22.5. The Bertz CT molecular complexity index is 1090. The van der Waals surface area contributed by atoms with Crippen molar-refractivity contribution in [2.75, 3.05) is 19.6 Å². The molecule has 1 aliphatic heterocycles. The summed E-state index contributed by atoms with van der Waals surface area (Å²) in [4.78, 5) is 26.8. The van der Waals surface area contributed by atoms with Crippen LogP contribution in [0.3, 0.4) is 0 Å². The summed E-state index contributed by atoms with van der Waals surface area (Å²) in [6.07, 6.45) is 6.42. The van der Waals surface area contributed by atoms with E-state index >= 15 is 0 Å². The number of hydrogen-bond acceptors (Lipinski definition) is 4. The molecule has 0 saturated carbocycles. The first-order valence-corrected chi connectivity index (χ1v) is 10.6. The average Bonchev–Trinajstić information content (AvgIpc) is 3.46. The van der Waals surface area contributed by atoms with Crippen LogP contribution in [0, 0.1) is 11.7 Å². The molecule has 3 heterocycles. The molecule has 166 valence electrons. The van der Waals surface area contributed by atoms with Crippen molar-refractivity contribution >= 4 is 17.9 Å². The number of halogens is 1. The average molecular weight is 436 g/mol. The molecule has 0 bridgehead atoms. The first-order chi connectivity index (χ1) is 15.5. The van der Waals surface area contributed by atoms with Crippen molar-refractivity contribution in [1.29, 1.82) is 0 Å². The molecule has 2 amide bonds. The minimum Gasteiger partial charge on any atom is -0.465 e. The van der Waals surface area contributed by atoms with Crippen LogP contribution in [0.2, 0.25) is 0 Å². The van der Waals surface area contributed by atoms with Gasteiger partial charge in [-0.25, -0.2) is 4.39 Å². The molecule has 1 aromatic carbocycles. The van der Waals surface area contributed by atoms with E-state index in [4.69, 9.17) is 4.42 Å². The molecule has 7 nitrogen and oxygen atoms in total. The number of nitrogens with one attached hydrogen (secondary N) is 1. The lowest BCUT2D eigenvalue weighted by Gasteiger charge is -2.31. The van der Waals surface area contributed by atoms with Crippen molar-refractivity contribution in [1.82, 2.24) is 20.0 Å². The molecule has 1 fully saturated rings. The number of carbonyl (C=O) groups is 2. The number of benzene rings is 1. The van der Waals surface area contributed by atoms with Gasteiger partial charge >= 0.3 is 0 Å². The van der Waals surface area contributed by atoms with E-state index in [9.17, 15) is 14.0 Å². The fourth-order valence-electron chi connectivity index (χ4n) is 3.77. The maximum atomic E-state index is 13.1. The monoisotopic (exact) mass is 436 g/mol. The second-order valence-electron chi connectivity index (χ2n) is 7.87. The molecule has 2 aromatic heterocycles. The van der Waals surface area contributed by atoms with Crippen LogP contribution in [0.5, 0.6) is 0 Å². The lowest BCUT2D eigenvalue weighted by molar-refractivity contribution is -0.127. The number of nitrogens with zero attached hydrogens (tertiary/aromatic N) is 3. The molecule has 3 aromatic rings. The Hall–Kier alpha value is -3.68. The van der Waals surface area contributed by atoms with Gasteiger partial charge in [0.05, 0.1) is 12.0 Å². The van der Waals surface area contributed by atoms with Crippen LogP contribution in [0.4, 0.5) is 4.39 Å². The van der Waals surface area contributed by atoms with Gasteiger partial charge in [-0.2, -0.15) is 5.10 Å². The third-order valence-electron chi connectivity index (χ3n) is 5.66. The van der Waals surface area contributed by atoms with Gasteiger partial charge in [-0.1, -0.05) is 0 Å². The Morgan fingerprint density at radius 2 is 1.97 bits per heavy atom. The van der Waals surface area contributed by atoms with Crippen molar-refractivity contribution in [3.8, 4) is 11.3 Å². The molecule has 8 heteroatoms. The third-order valence-corrected chi connectivity index (χ3v) is 5.66. The van der Waals surface area contributed by atoms with Gasteiger partial charge in [0, 0.05) is 38.3 Å². The summed E-state index contributed by atoms with van der Waals surface area (Å²) in [6, 6.07) is 11.3. The quantitative estimate of drug-likeness (QED) is 0.600. The molecule has 0 aliphatic carbocycles. The minimum absolute atomic E-state index is 0.0351. The normalized spacial score (nSPS) is 14.8. The Morgan fingerprint density at radius 3 is 2.66 bits per heavy atom. The highest BCUT2D eigenvalue weighted by atomic mass is 19.1.